The Morgan fingerprint density at radius 2 is 1.94 bits per heavy atom. The Hall–Kier alpha value is -0.630. The van der Waals surface area contributed by atoms with Crippen molar-refractivity contribution in [2.45, 2.75) is 56.1 Å². The molecule has 1 aliphatic carbocycles. The Morgan fingerprint density at radius 3 is 2.50 bits per heavy atom. The summed E-state index contributed by atoms with van der Waals surface area (Å²) in [6.07, 6.45) is 6.45. The maximum absolute atomic E-state index is 9.06. The number of nitrogens with two attached hydrogens (primary N) is 1. The largest absolute Gasteiger partial charge is 0.313 e. The lowest BCUT2D eigenvalue weighted by molar-refractivity contribution is 0.0739. The van der Waals surface area contributed by atoms with E-state index >= 15 is 0 Å². The van der Waals surface area contributed by atoms with Crippen LogP contribution in [0.3, 0.4) is 0 Å². The van der Waals surface area contributed by atoms with Crippen LogP contribution in [0.5, 0.6) is 0 Å². The minimum Gasteiger partial charge on any atom is -0.313 e. The number of likely N-dealkylation sites (N-methyl/N-ethyl adjacent to an activating group) is 2. The smallest absolute Gasteiger partial charge is 0.104 e. The molecule has 2 N–H and O–H groups in total. The van der Waals surface area contributed by atoms with Gasteiger partial charge in [0.25, 0.3) is 0 Å². The van der Waals surface area contributed by atoms with Crippen molar-refractivity contribution in [2.75, 3.05) is 27.2 Å². The molecular formula is C14H26N4. The molecule has 0 spiro atoms. The van der Waals surface area contributed by atoms with E-state index in [0.29, 0.717) is 12.1 Å². The standard InChI is InChI=1S/C14H26N4/c1-17-9-3-4-13(10-17)18(2)12-5-7-14(16,11-15)8-6-12/h12-13H,3-10,16H2,1-2H3. The highest BCUT2D eigenvalue weighted by Crippen LogP contribution is 2.30. The van der Waals surface area contributed by atoms with E-state index in [-0.39, 0.29) is 0 Å². The number of hydrogen-bond acceptors (Lipinski definition) is 4. The summed E-state index contributed by atoms with van der Waals surface area (Å²) in [5.41, 5.74) is 5.48. The fourth-order valence-corrected chi connectivity index (χ4v) is 3.41. The third-order valence-electron chi connectivity index (χ3n) is 4.82. The quantitative estimate of drug-likeness (QED) is 0.799. The topological polar surface area (TPSA) is 56.3 Å². The maximum atomic E-state index is 9.06. The molecule has 0 amide bonds. The summed E-state index contributed by atoms with van der Waals surface area (Å²) in [5.74, 6) is 0. The molecule has 0 radical (unpaired) electrons. The monoisotopic (exact) mass is 250 g/mol. The first-order chi connectivity index (χ1) is 8.54. The van der Waals surface area contributed by atoms with Gasteiger partial charge in [0.15, 0.2) is 0 Å². The molecule has 1 saturated heterocycles. The molecule has 102 valence electrons. The Balaban J connectivity index is 1.87. The number of rotatable bonds is 2. The van der Waals surface area contributed by atoms with E-state index in [0.717, 1.165) is 25.7 Å². The van der Waals surface area contributed by atoms with Crippen molar-refractivity contribution in [3.05, 3.63) is 0 Å². The lowest BCUT2D eigenvalue weighted by atomic mass is 9.80. The molecule has 2 aliphatic rings. The lowest BCUT2D eigenvalue weighted by Crippen LogP contribution is -2.52. The summed E-state index contributed by atoms with van der Waals surface area (Å²) >= 11 is 0. The number of piperidine rings is 1. The fourth-order valence-electron chi connectivity index (χ4n) is 3.41. The van der Waals surface area contributed by atoms with Gasteiger partial charge in [-0.25, -0.2) is 0 Å². The van der Waals surface area contributed by atoms with Crippen LogP contribution in [0.4, 0.5) is 0 Å². The van der Waals surface area contributed by atoms with E-state index in [4.69, 9.17) is 11.0 Å². The molecule has 2 rings (SSSR count). The molecule has 1 heterocycles. The van der Waals surface area contributed by atoms with Crippen LogP contribution in [-0.2, 0) is 0 Å². The first-order valence-electron chi connectivity index (χ1n) is 7.15. The first kappa shape index (κ1) is 13.8. The number of hydrogen-bond donors (Lipinski definition) is 1. The predicted molar refractivity (Wildman–Crippen MR) is 73.1 cm³/mol. The minimum atomic E-state index is -0.555. The Bertz CT molecular complexity index is 314. The highest BCUT2D eigenvalue weighted by Gasteiger charge is 2.35. The molecule has 1 aliphatic heterocycles. The van der Waals surface area contributed by atoms with Crippen molar-refractivity contribution in [1.82, 2.24) is 9.80 Å². The van der Waals surface area contributed by atoms with Crippen LogP contribution in [0.1, 0.15) is 38.5 Å². The molecule has 0 bridgehead atoms. The summed E-state index contributed by atoms with van der Waals surface area (Å²) < 4.78 is 0. The second-order valence-electron chi connectivity index (χ2n) is 6.22. The second kappa shape index (κ2) is 5.56. The van der Waals surface area contributed by atoms with Gasteiger partial charge < -0.3 is 10.6 Å². The number of nitriles is 1. The third-order valence-corrected chi connectivity index (χ3v) is 4.82. The van der Waals surface area contributed by atoms with Crippen LogP contribution in [0, 0.1) is 11.3 Å². The second-order valence-corrected chi connectivity index (χ2v) is 6.22. The van der Waals surface area contributed by atoms with Crippen LogP contribution in [0.2, 0.25) is 0 Å². The van der Waals surface area contributed by atoms with E-state index in [1.165, 1.54) is 25.9 Å². The Labute approximate surface area is 111 Å². The zero-order chi connectivity index (χ0) is 13.2. The molecule has 2 fully saturated rings. The normalized spacial score (nSPS) is 38.6. The Kier molecular flexibility index (Phi) is 4.26. The van der Waals surface area contributed by atoms with Crippen LogP contribution >= 0.6 is 0 Å². The molecule has 1 saturated carbocycles. The average Bonchev–Trinajstić information content (AvgIpc) is 2.39. The molecule has 0 aromatic heterocycles. The van der Waals surface area contributed by atoms with Gasteiger partial charge in [-0.2, -0.15) is 5.26 Å². The van der Waals surface area contributed by atoms with E-state index in [1.807, 2.05) is 0 Å². The van der Waals surface area contributed by atoms with Gasteiger partial charge in [0.1, 0.15) is 5.54 Å². The van der Waals surface area contributed by atoms with Crippen molar-refractivity contribution in [1.29, 1.82) is 5.26 Å². The summed E-state index contributed by atoms with van der Waals surface area (Å²) in [4.78, 5) is 4.97. The van der Waals surface area contributed by atoms with Crippen molar-refractivity contribution in [2.24, 2.45) is 5.73 Å². The van der Waals surface area contributed by atoms with Gasteiger partial charge >= 0.3 is 0 Å². The summed E-state index contributed by atoms with van der Waals surface area (Å²) in [7, 11) is 4.46. The van der Waals surface area contributed by atoms with E-state index in [2.05, 4.69) is 30.0 Å². The zero-order valence-electron chi connectivity index (χ0n) is 11.7. The Morgan fingerprint density at radius 1 is 1.28 bits per heavy atom. The first-order valence-corrected chi connectivity index (χ1v) is 7.15. The maximum Gasteiger partial charge on any atom is 0.104 e. The summed E-state index contributed by atoms with van der Waals surface area (Å²) in [6.45, 7) is 2.41. The van der Waals surface area contributed by atoms with Gasteiger partial charge in [-0.3, -0.25) is 4.90 Å². The van der Waals surface area contributed by atoms with Crippen LogP contribution in [0.15, 0.2) is 0 Å². The fraction of sp³-hybridized carbons (Fsp3) is 0.929. The molecule has 4 heteroatoms. The predicted octanol–water partition coefficient (Wildman–Crippen LogP) is 1.18. The molecule has 1 atom stereocenters. The van der Waals surface area contributed by atoms with Crippen molar-refractivity contribution >= 4 is 0 Å². The minimum absolute atomic E-state index is 0.555. The molecular weight excluding hydrogens is 224 g/mol. The molecule has 0 aromatic rings. The zero-order valence-corrected chi connectivity index (χ0v) is 11.7. The van der Waals surface area contributed by atoms with E-state index in [9.17, 15) is 0 Å². The average molecular weight is 250 g/mol. The van der Waals surface area contributed by atoms with Crippen molar-refractivity contribution < 1.29 is 0 Å². The van der Waals surface area contributed by atoms with Gasteiger partial charge in [0, 0.05) is 18.6 Å². The number of nitrogens with zero attached hydrogens (tertiary/aromatic N) is 3. The highest BCUT2D eigenvalue weighted by molar-refractivity contribution is 5.08. The van der Waals surface area contributed by atoms with Crippen molar-refractivity contribution in [3.8, 4) is 6.07 Å². The van der Waals surface area contributed by atoms with Gasteiger partial charge in [-0.05, 0) is 59.2 Å². The summed E-state index contributed by atoms with van der Waals surface area (Å²) in [6, 6.07) is 3.58. The summed E-state index contributed by atoms with van der Waals surface area (Å²) in [5, 5.41) is 9.06. The van der Waals surface area contributed by atoms with Gasteiger partial charge in [-0.15, -0.1) is 0 Å². The lowest BCUT2D eigenvalue weighted by Gasteiger charge is -2.43. The SMILES string of the molecule is CN1CCCC(N(C)C2CCC(N)(C#N)CC2)C1. The molecule has 1 unspecified atom stereocenters. The highest BCUT2D eigenvalue weighted by atomic mass is 15.2. The molecule has 4 nitrogen and oxygen atoms in total. The van der Waals surface area contributed by atoms with Crippen LogP contribution in [0.25, 0.3) is 0 Å². The third kappa shape index (κ3) is 3.03. The molecule has 18 heavy (non-hydrogen) atoms. The van der Waals surface area contributed by atoms with Crippen LogP contribution < -0.4 is 5.73 Å². The van der Waals surface area contributed by atoms with Crippen LogP contribution in [-0.4, -0.2) is 54.6 Å². The van der Waals surface area contributed by atoms with Gasteiger partial charge in [0.05, 0.1) is 6.07 Å². The van der Waals surface area contributed by atoms with Gasteiger partial charge in [0.2, 0.25) is 0 Å². The van der Waals surface area contributed by atoms with Crippen molar-refractivity contribution in [3.63, 3.8) is 0 Å². The van der Waals surface area contributed by atoms with Gasteiger partial charge in [-0.1, -0.05) is 0 Å². The number of likely N-dealkylation sites (tertiary alicyclic amines) is 1. The van der Waals surface area contributed by atoms with E-state index < -0.39 is 5.54 Å². The molecule has 0 aromatic carbocycles. The van der Waals surface area contributed by atoms with E-state index in [1.54, 1.807) is 0 Å².